The van der Waals surface area contributed by atoms with E-state index in [-0.39, 0.29) is 16.8 Å². The Hall–Kier alpha value is -2.74. The second-order valence-electron chi connectivity index (χ2n) is 5.27. The normalized spacial score (nSPS) is 22.9. The molecule has 1 saturated heterocycles. The Morgan fingerprint density at radius 2 is 1.67 bits per heavy atom. The molecule has 1 aliphatic rings. The first-order valence-corrected chi connectivity index (χ1v) is 6.86. The average Bonchev–Trinajstić information content (AvgIpc) is 3.32. The number of hydrogen-bond acceptors (Lipinski definition) is 4. The van der Waals surface area contributed by atoms with Gasteiger partial charge in [-0.15, -0.1) is 0 Å². The van der Waals surface area contributed by atoms with Crippen molar-refractivity contribution in [2.75, 3.05) is 0 Å². The van der Waals surface area contributed by atoms with Crippen molar-refractivity contribution < 1.29 is 27.6 Å². The lowest BCUT2D eigenvalue weighted by molar-refractivity contribution is -0.384. The zero-order valence-electron chi connectivity index (χ0n) is 12.0. The van der Waals surface area contributed by atoms with E-state index in [1.807, 2.05) is 0 Å². The summed E-state index contributed by atoms with van der Waals surface area (Å²) in [5, 5.41) is 10.6. The van der Waals surface area contributed by atoms with Gasteiger partial charge in [0.25, 0.3) is 5.69 Å². The Morgan fingerprint density at radius 1 is 1.08 bits per heavy atom. The van der Waals surface area contributed by atoms with Crippen LogP contribution in [0.25, 0.3) is 0 Å². The second kappa shape index (κ2) is 5.41. The Bertz CT molecular complexity index is 789. The number of Topliss-reactive ketones (excluding diaryl/α,β-unsaturated/α-hetero) is 1. The number of epoxide rings is 1. The van der Waals surface area contributed by atoms with Crippen LogP contribution >= 0.6 is 0 Å². The number of nitro groups is 1. The van der Waals surface area contributed by atoms with Crippen LogP contribution in [-0.2, 0) is 10.3 Å². The summed E-state index contributed by atoms with van der Waals surface area (Å²) >= 11 is 0. The van der Waals surface area contributed by atoms with Crippen LogP contribution in [-0.4, -0.2) is 23.0 Å². The minimum atomic E-state index is -4.77. The summed E-state index contributed by atoms with van der Waals surface area (Å²) in [6.07, 6.45) is -6.48. The predicted octanol–water partition coefficient (Wildman–Crippen LogP) is 3.63. The van der Waals surface area contributed by atoms with Crippen molar-refractivity contribution in [2.45, 2.75) is 17.9 Å². The highest BCUT2D eigenvalue weighted by Gasteiger charge is 2.76. The van der Waals surface area contributed by atoms with E-state index in [1.165, 1.54) is 24.3 Å². The van der Waals surface area contributed by atoms with Crippen LogP contribution in [0.15, 0.2) is 54.6 Å². The first kappa shape index (κ1) is 16.1. The van der Waals surface area contributed by atoms with Crippen molar-refractivity contribution >= 4 is 11.5 Å². The predicted molar refractivity (Wildman–Crippen MR) is 76.5 cm³/mol. The van der Waals surface area contributed by atoms with Gasteiger partial charge >= 0.3 is 6.18 Å². The molecule has 3 rings (SSSR count). The molecule has 2 atom stereocenters. The topological polar surface area (TPSA) is 72.7 Å². The fraction of sp³-hybridized carbons (Fsp3) is 0.188. The number of ketones is 1. The maximum Gasteiger partial charge on any atom is 0.424 e. The highest BCUT2D eigenvalue weighted by Crippen LogP contribution is 2.58. The molecule has 2 aromatic carbocycles. The molecule has 1 fully saturated rings. The standard InChI is InChI=1S/C16H10F3NO4/c17-16(18,19)15(11-4-2-1-3-5-11)14(24-15)13(21)10-6-8-12(9-7-10)20(22)23/h1-9,14H. The lowest BCUT2D eigenvalue weighted by Crippen LogP contribution is -2.35. The van der Waals surface area contributed by atoms with E-state index in [4.69, 9.17) is 4.74 Å². The van der Waals surface area contributed by atoms with Crippen molar-refractivity contribution in [1.82, 2.24) is 0 Å². The number of alkyl halides is 3. The van der Waals surface area contributed by atoms with E-state index in [9.17, 15) is 28.1 Å². The van der Waals surface area contributed by atoms with Crippen molar-refractivity contribution in [3.8, 4) is 0 Å². The minimum absolute atomic E-state index is 0.0762. The summed E-state index contributed by atoms with van der Waals surface area (Å²) in [4.78, 5) is 22.3. The van der Waals surface area contributed by atoms with Gasteiger partial charge in [0.1, 0.15) is 0 Å². The van der Waals surface area contributed by atoms with E-state index in [1.54, 1.807) is 6.07 Å². The first-order valence-electron chi connectivity index (χ1n) is 6.86. The van der Waals surface area contributed by atoms with Crippen LogP contribution < -0.4 is 0 Å². The SMILES string of the molecule is O=C(c1ccc([N+](=O)[O-])cc1)C1OC1(c1ccccc1)C(F)(F)F. The van der Waals surface area contributed by atoms with E-state index >= 15 is 0 Å². The number of rotatable bonds is 4. The number of carbonyl (C=O) groups excluding carboxylic acids is 1. The highest BCUT2D eigenvalue weighted by atomic mass is 19.4. The quantitative estimate of drug-likeness (QED) is 0.370. The molecule has 124 valence electrons. The van der Waals surface area contributed by atoms with Crippen molar-refractivity contribution in [3.05, 3.63) is 75.8 Å². The molecule has 0 saturated carbocycles. The fourth-order valence-electron chi connectivity index (χ4n) is 2.57. The molecule has 24 heavy (non-hydrogen) atoms. The van der Waals surface area contributed by atoms with Gasteiger partial charge in [-0.3, -0.25) is 14.9 Å². The maximum absolute atomic E-state index is 13.5. The third-order valence-electron chi connectivity index (χ3n) is 3.84. The van der Waals surface area contributed by atoms with E-state index in [0.29, 0.717) is 0 Å². The molecule has 8 heteroatoms. The summed E-state index contributed by atoms with van der Waals surface area (Å²) in [5.41, 5.74) is -3.16. The number of carbonyl (C=O) groups is 1. The summed E-state index contributed by atoms with van der Waals surface area (Å²) in [6, 6.07) is 11.3. The zero-order chi connectivity index (χ0) is 17.5. The number of nitro benzene ring substituents is 1. The van der Waals surface area contributed by atoms with Crippen LogP contribution in [0.3, 0.4) is 0 Å². The molecule has 1 heterocycles. The molecule has 0 N–H and O–H groups in total. The number of halogens is 3. The largest absolute Gasteiger partial charge is 0.424 e. The number of benzene rings is 2. The molecule has 2 aromatic rings. The minimum Gasteiger partial charge on any atom is -0.343 e. The molecule has 5 nitrogen and oxygen atoms in total. The number of ether oxygens (including phenoxy) is 1. The van der Waals surface area contributed by atoms with Gasteiger partial charge in [0.2, 0.25) is 5.60 Å². The first-order chi connectivity index (χ1) is 11.3. The third-order valence-corrected chi connectivity index (χ3v) is 3.84. The lowest BCUT2D eigenvalue weighted by atomic mass is 9.91. The van der Waals surface area contributed by atoms with E-state index in [2.05, 4.69) is 0 Å². The second-order valence-corrected chi connectivity index (χ2v) is 5.27. The van der Waals surface area contributed by atoms with Gasteiger partial charge in [-0.1, -0.05) is 30.3 Å². The van der Waals surface area contributed by atoms with Crippen molar-refractivity contribution in [3.63, 3.8) is 0 Å². The molecule has 1 aliphatic heterocycles. The van der Waals surface area contributed by atoms with E-state index < -0.39 is 28.6 Å². The Balaban J connectivity index is 1.93. The molecule has 0 aromatic heterocycles. The van der Waals surface area contributed by atoms with E-state index in [0.717, 1.165) is 24.3 Å². The van der Waals surface area contributed by atoms with Crippen LogP contribution in [0.2, 0.25) is 0 Å². The summed E-state index contributed by atoms with van der Waals surface area (Å²) in [7, 11) is 0. The Kier molecular flexibility index (Phi) is 3.64. The Labute approximate surface area is 133 Å². The van der Waals surface area contributed by atoms with Crippen molar-refractivity contribution in [2.24, 2.45) is 0 Å². The van der Waals surface area contributed by atoms with Gasteiger partial charge < -0.3 is 4.74 Å². The molecule has 2 unspecified atom stereocenters. The van der Waals surface area contributed by atoms with Gasteiger partial charge in [-0.05, 0) is 17.7 Å². The summed E-state index contributed by atoms with van der Waals surface area (Å²) in [5.74, 6) is -0.869. The molecule has 0 bridgehead atoms. The molecular weight excluding hydrogens is 327 g/mol. The number of nitrogens with zero attached hydrogens (tertiary/aromatic N) is 1. The smallest absolute Gasteiger partial charge is 0.343 e. The van der Waals surface area contributed by atoms with Gasteiger partial charge in [-0.2, -0.15) is 13.2 Å². The summed E-state index contributed by atoms with van der Waals surface area (Å²) in [6.45, 7) is 0. The number of non-ortho nitro benzene ring substituents is 1. The molecule has 0 aliphatic carbocycles. The van der Waals surface area contributed by atoms with Gasteiger partial charge in [-0.25, -0.2) is 0 Å². The van der Waals surface area contributed by atoms with Crippen LogP contribution in [0.5, 0.6) is 0 Å². The third kappa shape index (κ3) is 2.44. The van der Waals surface area contributed by atoms with Crippen LogP contribution in [0, 0.1) is 10.1 Å². The molecule has 0 radical (unpaired) electrons. The van der Waals surface area contributed by atoms with Gasteiger partial charge in [0.15, 0.2) is 11.9 Å². The molecule has 0 spiro atoms. The monoisotopic (exact) mass is 337 g/mol. The Morgan fingerprint density at radius 3 is 2.17 bits per heavy atom. The fourth-order valence-corrected chi connectivity index (χ4v) is 2.57. The van der Waals surface area contributed by atoms with Crippen LogP contribution in [0.1, 0.15) is 15.9 Å². The molecule has 0 amide bonds. The average molecular weight is 337 g/mol. The number of hydrogen-bond donors (Lipinski definition) is 0. The highest BCUT2D eigenvalue weighted by molar-refractivity contribution is 6.02. The summed E-state index contributed by atoms with van der Waals surface area (Å²) < 4.78 is 45.4. The van der Waals surface area contributed by atoms with Gasteiger partial charge in [0, 0.05) is 17.7 Å². The zero-order valence-corrected chi connectivity index (χ0v) is 12.0. The maximum atomic E-state index is 13.5. The van der Waals surface area contributed by atoms with Crippen LogP contribution in [0.4, 0.5) is 18.9 Å². The lowest BCUT2D eigenvalue weighted by Gasteiger charge is -2.17. The van der Waals surface area contributed by atoms with Crippen molar-refractivity contribution in [1.29, 1.82) is 0 Å². The molecular formula is C16H10F3NO4. The van der Waals surface area contributed by atoms with Gasteiger partial charge in [0.05, 0.1) is 4.92 Å².